The van der Waals surface area contributed by atoms with Gasteiger partial charge in [-0.05, 0) is 55.8 Å². The molecule has 2 saturated heterocycles. The van der Waals surface area contributed by atoms with Crippen molar-refractivity contribution in [3.05, 3.63) is 53.3 Å². The summed E-state index contributed by atoms with van der Waals surface area (Å²) in [5.74, 6) is 0.0649. The molecule has 0 unspecified atom stereocenters. The molecule has 1 aromatic carbocycles. The van der Waals surface area contributed by atoms with Gasteiger partial charge in [-0.3, -0.25) is 14.6 Å². The number of likely N-dealkylation sites (tertiary alicyclic amines) is 1. The van der Waals surface area contributed by atoms with E-state index in [1.54, 1.807) is 35.4 Å². The average Bonchev–Trinajstić information content (AvgIpc) is 3.42. The smallest absolute Gasteiger partial charge is 0.264 e. The number of aromatic nitrogens is 1. The normalized spacial score (nSPS) is 18.7. The van der Waals surface area contributed by atoms with Gasteiger partial charge in [0, 0.05) is 11.6 Å². The van der Waals surface area contributed by atoms with Crippen molar-refractivity contribution in [1.29, 1.82) is 0 Å². The molecule has 2 N–H and O–H groups in total. The first-order chi connectivity index (χ1) is 15.1. The van der Waals surface area contributed by atoms with Crippen LogP contribution in [0.25, 0.3) is 10.9 Å². The van der Waals surface area contributed by atoms with Gasteiger partial charge in [0.1, 0.15) is 17.7 Å². The number of rotatable bonds is 5. The summed E-state index contributed by atoms with van der Waals surface area (Å²) >= 11 is 1.27. The maximum atomic E-state index is 13.6. The van der Waals surface area contributed by atoms with Crippen molar-refractivity contribution in [2.75, 3.05) is 25.0 Å². The topological polar surface area (TPSA) is 83.6 Å². The Morgan fingerprint density at radius 2 is 2.10 bits per heavy atom. The molecular weight excluding hydrogens is 419 g/mol. The number of carbonyl (C=O) groups excluding carboxylic acids is 2. The van der Waals surface area contributed by atoms with Crippen LogP contribution in [0.3, 0.4) is 0 Å². The molecule has 5 rings (SSSR count). The van der Waals surface area contributed by atoms with Crippen LogP contribution in [-0.4, -0.2) is 53.5 Å². The fraction of sp³-hybridized carbons (Fsp3) is 0.318. The summed E-state index contributed by atoms with van der Waals surface area (Å²) in [5.41, 5.74) is 0.659. The highest BCUT2D eigenvalue weighted by Gasteiger charge is 2.34. The first kappa shape index (κ1) is 19.9. The van der Waals surface area contributed by atoms with Crippen molar-refractivity contribution < 1.29 is 18.7 Å². The predicted molar refractivity (Wildman–Crippen MR) is 116 cm³/mol. The first-order valence-electron chi connectivity index (χ1n) is 10.2. The summed E-state index contributed by atoms with van der Waals surface area (Å²) in [4.78, 5) is 31.4. The fourth-order valence-electron chi connectivity index (χ4n) is 3.85. The number of hydrogen-bond acceptors (Lipinski definition) is 6. The highest BCUT2D eigenvalue weighted by atomic mass is 32.1. The zero-order chi connectivity index (χ0) is 21.4. The summed E-state index contributed by atoms with van der Waals surface area (Å²) in [6.45, 7) is 1.75. The van der Waals surface area contributed by atoms with Gasteiger partial charge in [-0.2, -0.15) is 0 Å². The minimum absolute atomic E-state index is 0.0585. The van der Waals surface area contributed by atoms with E-state index in [1.165, 1.54) is 23.5 Å². The number of ether oxygens (including phenoxy) is 1. The van der Waals surface area contributed by atoms with Crippen LogP contribution in [-0.2, 0) is 4.79 Å². The Morgan fingerprint density at radius 3 is 2.90 bits per heavy atom. The van der Waals surface area contributed by atoms with Crippen LogP contribution < -0.4 is 15.4 Å². The van der Waals surface area contributed by atoms with Crippen LogP contribution in [0.4, 0.5) is 9.39 Å². The second-order valence-electron chi connectivity index (χ2n) is 7.72. The summed E-state index contributed by atoms with van der Waals surface area (Å²) in [6.07, 6.45) is 3.29. The van der Waals surface area contributed by atoms with E-state index in [1.807, 2.05) is 0 Å². The van der Waals surface area contributed by atoms with Gasteiger partial charge >= 0.3 is 0 Å². The lowest BCUT2D eigenvalue weighted by atomic mass is 10.1. The zero-order valence-corrected chi connectivity index (χ0v) is 17.5. The molecule has 0 bridgehead atoms. The number of thiophene rings is 1. The third kappa shape index (κ3) is 4.11. The van der Waals surface area contributed by atoms with E-state index >= 15 is 0 Å². The Hall–Kier alpha value is -3.04. The van der Waals surface area contributed by atoms with E-state index in [4.69, 9.17) is 4.74 Å². The van der Waals surface area contributed by atoms with Gasteiger partial charge in [-0.15, -0.1) is 11.3 Å². The molecule has 2 aliphatic rings. The number of nitrogens with zero attached hydrogens (tertiary/aromatic N) is 2. The minimum atomic E-state index is -0.347. The van der Waals surface area contributed by atoms with Crippen molar-refractivity contribution in [3.63, 3.8) is 0 Å². The number of carbonyl (C=O) groups is 2. The number of fused-ring (bicyclic) bond motifs is 1. The van der Waals surface area contributed by atoms with Crippen molar-refractivity contribution in [2.45, 2.75) is 25.0 Å². The monoisotopic (exact) mass is 440 g/mol. The Kier molecular flexibility index (Phi) is 5.29. The molecule has 7 nitrogen and oxygen atoms in total. The molecule has 0 aliphatic carbocycles. The van der Waals surface area contributed by atoms with Gasteiger partial charge < -0.3 is 20.3 Å². The summed E-state index contributed by atoms with van der Waals surface area (Å²) < 4.78 is 19.6. The summed E-state index contributed by atoms with van der Waals surface area (Å²) in [7, 11) is 0. The van der Waals surface area contributed by atoms with Crippen LogP contribution in [0.1, 0.15) is 22.5 Å². The molecule has 2 amide bonds. The third-order valence-electron chi connectivity index (χ3n) is 5.53. The number of anilines is 1. The molecule has 2 aliphatic heterocycles. The molecule has 3 aromatic rings. The fourth-order valence-corrected chi connectivity index (χ4v) is 4.72. The second-order valence-corrected chi connectivity index (χ2v) is 8.81. The average molecular weight is 441 g/mol. The molecule has 2 aromatic heterocycles. The summed E-state index contributed by atoms with van der Waals surface area (Å²) in [6, 6.07) is 9.43. The molecule has 4 heterocycles. The zero-order valence-electron chi connectivity index (χ0n) is 16.6. The van der Waals surface area contributed by atoms with E-state index in [0.717, 1.165) is 19.4 Å². The number of nitrogens with one attached hydrogen (secondary N) is 2. The molecule has 0 saturated carbocycles. The Morgan fingerprint density at radius 1 is 1.23 bits per heavy atom. The van der Waals surface area contributed by atoms with E-state index in [9.17, 15) is 14.0 Å². The van der Waals surface area contributed by atoms with Crippen molar-refractivity contribution in [1.82, 2.24) is 15.2 Å². The van der Waals surface area contributed by atoms with Gasteiger partial charge in [-0.25, -0.2) is 4.39 Å². The quantitative estimate of drug-likeness (QED) is 0.637. The van der Waals surface area contributed by atoms with Crippen LogP contribution in [0.15, 0.2) is 42.6 Å². The van der Waals surface area contributed by atoms with Gasteiger partial charge in [-0.1, -0.05) is 0 Å². The Labute approximate surface area is 182 Å². The SMILES string of the molecule is O=C(Nc1ccc(C(=O)N2CC(Oc3ccnc4ccc(F)cc34)C2)s1)[C@@H]1CCCN1. The van der Waals surface area contributed by atoms with Crippen LogP contribution in [0.2, 0.25) is 0 Å². The predicted octanol–water partition coefficient (Wildman–Crippen LogP) is 3.03. The van der Waals surface area contributed by atoms with Crippen LogP contribution >= 0.6 is 11.3 Å². The molecule has 160 valence electrons. The highest BCUT2D eigenvalue weighted by Crippen LogP contribution is 2.29. The van der Waals surface area contributed by atoms with E-state index in [-0.39, 0.29) is 29.8 Å². The molecule has 9 heteroatoms. The summed E-state index contributed by atoms with van der Waals surface area (Å²) in [5, 5.41) is 7.32. The molecule has 1 atom stereocenters. The lowest BCUT2D eigenvalue weighted by Gasteiger charge is -2.38. The van der Waals surface area contributed by atoms with Gasteiger partial charge in [0.25, 0.3) is 5.91 Å². The largest absolute Gasteiger partial charge is 0.486 e. The van der Waals surface area contributed by atoms with Crippen molar-refractivity contribution in [2.24, 2.45) is 0 Å². The lowest BCUT2D eigenvalue weighted by molar-refractivity contribution is -0.117. The highest BCUT2D eigenvalue weighted by molar-refractivity contribution is 7.18. The molecule has 2 fully saturated rings. The van der Waals surface area contributed by atoms with Gasteiger partial charge in [0.2, 0.25) is 5.91 Å². The van der Waals surface area contributed by atoms with Gasteiger partial charge in [0.15, 0.2) is 0 Å². The third-order valence-corrected chi connectivity index (χ3v) is 6.52. The van der Waals surface area contributed by atoms with E-state index in [0.29, 0.717) is 39.6 Å². The Bertz CT molecular complexity index is 1140. The van der Waals surface area contributed by atoms with E-state index in [2.05, 4.69) is 15.6 Å². The molecule has 0 spiro atoms. The van der Waals surface area contributed by atoms with E-state index < -0.39 is 0 Å². The standard InChI is InChI=1S/C22H21FN4O3S/c23-13-3-4-16-15(10-13)18(7-9-25-16)30-14-11-27(12-14)22(29)19-5-6-20(31-19)26-21(28)17-2-1-8-24-17/h3-7,9-10,14,17,24H,1-2,8,11-12H2,(H,26,28)/t17-/m0/s1. The van der Waals surface area contributed by atoms with Gasteiger partial charge in [0.05, 0.1) is 34.5 Å². The number of pyridine rings is 1. The van der Waals surface area contributed by atoms with Crippen LogP contribution in [0, 0.1) is 5.82 Å². The number of amides is 2. The first-order valence-corrected chi connectivity index (χ1v) is 11.0. The number of halogens is 1. The number of benzene rings is 1. The van der Waals surface area contributed by atoms with Crippen molar-refractivity contribution in [3.8, 4) is 5.75 Å². The van der Waals surface area contributed by atoms with Crippen LogP contribution in [0.5, 0.6) is 5.75 Å². The van der Waals surface area contributed by atoms with Crippen molar-refractivity contribution >= 4 is 39.1 Å². The second kappa shape index (κ2) is 8.24. The number of hydrogen-bond donors (Lipinski definition) is 2. The minimum Gasteiger partial charge on any atom is -0.486 e. The maximum absolute atomic E-state index is 13.6. The Balaban J connectivity index is 1.18. The molecule has 31 heavy (non-hydrogen) atoms. The molecular formula is C22H21FN4O3S. The molecule has 0 radical (unpaired) electrons. The maximum Gasteiger partial charge on any atom is 0.264 e. The lowest BCUT2D eigenvalue weighted by Crippen LogP contribution is -2.56.